The summed E-state index contributed by atoms with van der Waals surface area (Å²) in [5.41, 5.74) is 8.73. The summed E-state index contributed by atoms with van der Waals surface area (Å²) in [7, 11) is 0. The smallest absolute Gasteiger partial charge is 0.163 e. The molecule has 254 valence electrons. The van der Waals surface area contributed by atoms with E-state index in [9.17, 15) is 0 Å². The number of hydrogen-bond acceptors (Lipinski definition) is 5. The quantitative estimate of drug-likeness (QED) is 0.169. The van der Waals surface area contributed by atoms with E-state index in [1.165, 1.54) is 27.5 Å². The highest BCUT2D eigenvalue weighted by Gasteiger charge is 2.31. The van der Waals surface area contributed by atoms with Gasteiger partial charge in [-0.25, -0.2) is 15.0 Å². The molecule has 2 aliphatic carbocycles. The maximum atomic E-state index is 6.83. The third-order valence-corrected chi connectivity index (χ3v) is 10.6. The first-order valence-corrected chi connectivity index (χ1v) is 18.4. The first kappa shape index (κ1) is 31.2. The number of anilines is 3. The number of ether oxygens (including phenoxy) is 1. The van der Waals surface area contributed by atoms with Crippen LogP contribution in [0.4, 0.5) is 17.1 Å². The average Bonchev–Trinajstić information content (AvgIpc) is 3.23. The molecule has 3 aliphatic rings. The lowest BCUT2D eigenvalue weighted by Gasteiger charge is -2.35. The zero-order valence-electron chi connectivity index (χ0n) is 29.4. The van der Waals surface area contributed by atoms with Crippen molar-refractivity contribution in [1.82, 2.24) is 15.0 Å². The standard InChI is InChI=1S/C48H36N4O/c1-31-15-12-26-40-43(31)38-24-8-9-25-39(38)44-45(40)53-42-28-11-10-27-41(42)52(44)37-23-14-22-36(30-37)48-50-46(33-18-6-3-7-19-33)49-47(51-48)35-21-13-20-34(29-35)32-16-4-2-5-17-32/h2-4,6-16,18-20,22-30,35H,5,17,21H2,1H3. The van der Waals surface area contributed by atoms with Gasteiger partial charge in [0.1, 0.15) is 5.82 Å². The van der Waals surface area contributed by atoms with Gasteiger partial charge < -0.3 is 9.64 Å². The van der Waals surface area contributed by atoms with Gasteiger partial charge in [0.05, 0.1) is 11.4 Å². The summed E-state index contributed by atoms with van der Waals surface area (Å²) < 4.78 is 6.83. The third-order valence-electron chi connectivity index (χ3n) is 10.6. The van der Waals surface area contributed by atoms with E-state index in [1.54, 1.807) is 0 Å². The maximum absolute atomic E-state index is 6.83. The molecule has 0 N–H and O–H groups in total. The molecule has 5 heteroatoms. The van der Waals surface area contributed by atoms with Crippen LogP contribution in [0.2, 0.25) is 0 Å². The van der Waals surface area contributed by atoms with E-state index in [-0.39, 0.29) is 5.92 Å². The summed E-state index contributed by atoms with van der Waals surface area (Å²) in [5.74, 6) is 3.82. The number of rotatable bonds is 5. The summed E-state index contributed by atoms with van der Waals surface area (Å²) >= 11 is 0. The van der Waals surface area contributed by atoms with E-state index >= 15 is 0 Å². The average molecular weight is 685 g/mol. The van der Waals surface area contributed by atoms with Crippen molar-refractivity contribution in [1.29, 1.82) is 0 Å². The summed E-state index contributed by atoms with van der Waals surface area (Å²) in [6.07, 6.45) is 16.4. The molecule has 0 fully saturated rings. The molecule has 1 aliphatic heterocycles. The number of nitrogens with zero attached hydrogens (tertiary/aromatic N) is 4. The molecule has 0 saturated heterocycles. The molecule has 6 aromatic carbocycles. The Hall–Kier alpha value is -6.59. The SMILES string of the molecule is Cc1cccc2c3c(c4ccccc4c12)N(c1cccc(-c2nc(-c4ccccc4)nc(C4C=C(C5=CC=CCC5)C=CC4)n2)c1)c1ccccc1O3. The highest BCUT2D eigenvalue weighted by molar-refractivity contribution is 6.20. The van der Waals surface area contributed by atoms with Crippen LogP contribution in [0, 0.1) is 6.92 Å². The van der Waals surface area contributed by atoms with Crippen molar-refractivity contribution in [3.8, 4) is 34.3 Å². The zero-order valence-corrected chi connectivity index (χ0v) is 29.4. The Morgan fingerprint density at radius 3 is 2.32 bits per heavy atom. The van der Waals surface area contributed by atoms with Crippen molar-refractivity contribution in [2.75, 3.05) is 4.90 Å². The van der Waals surface area contributed by atoms with E-state index in [2.05, 4.69) is 145 Å². The van der Waals surface area contributed by atoms with Gasteiger partial charge in [-0.2, -0.15) is 0 Å². The van der Waals surface area contributed by atoms with E-state index < -0.39 is 0 Å². The highest BCUT2D eigenvalue weighted by Crippen LogP contribution is 2.56. The Morgan fingerprint density at radius 1 is 0.698 bits per heavy atom. The molecule has 5 nitrogen and oxygen atoms in total. The molecular weight excluding hydrogens is 649 g/mol. The van der Waals surface area contributed by atoms with Crippen LogP contribution in [0.25, 0.3) is 44.3 Å². The fraction of sp³-hybridized carbons (Fsp3) is 0.104. The molecule has 0 saturated carbocycles. The van der Waals surface area contributed by atoms with Crippen LogP contribution in [0.15, 0.2) is 169 Å². The topological polar surface area (TPSA) is 51.1 Å². The van der Waals surface area contributed by atoms with Gasteiger partial charge in [0.2, 0.25) is 0 Å². The largest absolute Gasteiger partial charge is 0.452 e. The highest BCUT2D eigenvalue weighted by atomic mass is 16.5. The summed E-state index contributed by atoms with van der Waals surface area (Å²) in [4.78, 5) is 17.8. The van der Waals surface area contributed by atoms with Crippen LogP contribution < -0.4 is 9.64 Å². The minimum absolute atomic E-state index is 0.0373. The van der Waals surface area contributed by atoms with Gasteiger partial charge >= 0.3 is 0 Å². The van der Waals surface area contributed by atoms with Gasteiger partial charge in [-0.05, 0) is 77.9 Å². The number of aromatic nitrogens is 3. The molecule has 2 heterocycles. The number of allylic oxidation sites excluding steroid dienone is 8. The van der Waals surface area contributed by atoms with Gasteiger partial charge in [0.15, 0.2) is 23.1 Å². The Morgan fingerprint density at radius 2 is 1.45 bits per heavy atom. The summed E-state index contributed by atoms with van der Waals surface area (Å²) in [5, 5.41) is 4.65. The van der Waals surface area contributed by atoms with Gasteiger partial charge in [0, 0.05) is 33.5 Å². The molecule has 53 heavy (non-hydrogen) atoms. The molecule has 7 aromatic rings. The molecule has 0 spiro atoms. The van der Waals surface area contributed by atoms with E-state index in [1.807, 2.05) is 24.3 Å². The lowest BCUT2D eigenvalue weighted by Crippen LogP contribution is -2.17. The van der Waals surface area contributed by atoms with Crippen LogP contribution in [-0.4, -0.2) is 15.0 Å². The predicted molar refractivity (Wildman–Crippen MR) is 216 cm³/mol. The molecule has 1 aromatic heterocycles. The normalized spacial score (nSPS) is 16.2. The lowest BCUT2D eigenvalue weighted by atomic mass is 9.88. The van der Waals surface area contributed by atoms with Crippen LogP contribution in [-0.2, 0) is 0 Å². The van der Waals surface area contributed by atoms with Gasteiger partial charge in [-0.15, -0.1) is 0 Å². The summed E-state index contributed by atoms with van der Waals surface area (Å²) in [6.45, 7) is 2.18. The van der Waals surface area contributed by atoms with Crippen molar-refractivity contribution >= 4 is 38.6 Å². The number of fused-ring (bicyclic) bond motifs is 7. The number of benzene rings is 6. The monoisotopic (exact) mass is 684 g/mol. The second-order valence-corrected chi connectivity index (χ2v) is 13.9. The van der Waals surface area contributed by atoms with Crippen LogP contribution in [0.3, 0.4) is 0 Å². The summed E-state index contributed by atoms with van der Waals surface area (Å²) in [6, 6.07) is 42.2. The Kier molecular flexibility index (Phi) is 7.57. The number of para-hydroxylation sites is 2. The van der Waals surface area contributed by atoms with Crippen LogP contribution in [0.1, 0.15) is 36.6 Å². The fourth-order valence-corrected chi connectivity index (χ4v) is 8.03. The van der Waals surface area contributed by atoms with Crippen molar-refractivity contribution in [2.45, 2.75) is 32.1 Å². The molecule has 1 atom stereocenters. The van der Waals surface area contributed by atoms with E-state index in [0.29, 0.717) is 11.6 Å². The second-order valence-electron chi connectivity index (χ2n) is 13.9. The first-order valence-electron chi connectivity index (χ1n) is 18.4. The van der Waals surface area contributed by atoms with Crippen molar-refractivity contribution in [3.63, 3.8) is 0 Å². The fourth-order valence-electron chi connectivity index (χ4n) is 8.03. The molecule has 0 bridgehead atoms. The minimum Gasteiger partial charge on any atom is -0.452 e. The molecule has 0 radical (unpaired) electrons. The Bertz CT molecular complexity index is 2710. The second kappa shape index (κ2) is 12.9. The van der Waals surface area contributed by atoms with Gasteiger partial charge in [0.25, 0.3) is 0 Å². The van der Waals surface area contributed by atoms with E-state index in [0.717, 1.165) is 75.5 Å². The van der Waals surface area contributed by atoms with Crippen LogP contribution >= 0.6 is 0 Å². The first-order chi connectivity index (χ1) is 26.2. The minimum atomic E-state index is 0.0373. The van der Waals surface area contributed by atoms with Crippen LogP contribution in [0.5, 0.6) is 11.5 Å². The Balaban J connectivity index is 1.15. The van der Waals surface area contributed by atoms with E-state index in [4.69, 9.17) is 19.7 Å². The van der Waals surface area contributed by atoms with Gasteiger partial charge in [-0.3, -0.25) is 0 Å². The third kappa shape index (κ3) is 5.44. The van der Waals surface area contributed by atoms with Gasteiger partial charge in [-0.1, -0.05) is 134 Å². The van der Waals surface area contributed by atoms with Crippen molar-refractivity contribution in [2.24, 2.45) is 0 Å². The predicted octanol–water partition coefficient (Wildman–Crippen LogP) is 12.6. The number of aryl methyl sites for hydroxylation is 1. The zero-order chi connectivity index (χ0) is 35.3. The maximum Gasteiger partial charge on any atom is 0.163 e. The molecule has 0 amide bonds. The molecular formula is C48H36N4O. The van der Waals surface area contributed by atoms with Crippen molar-refractivity contribution < 1.29 is 4.74 Å². The molecule has 10 rings (SSSR count). The molecule has 1 unspecified atom stereocenters. The number of hydrogen-bond donors (Lipinski definition) is 0. The lowest BCUT2D eigenvalue weighted by molar-refractivity contribution is 0.483. The Labute approximate surface area is 309 Å². The van der Waals surface area contributed by atoms with Crippen molar-refractivity contribution in [3.05, 3.63) is 180 Å².